The average Bonchev–Trinajstić information content (AvgIpc) is 2.54. The molecule has 1 atom stereocenters. The molecule has 5 nitrogen and oxygen atoms in total. The summed E-state index contributed by atoms with van der Waals surface area (Å²) in [5.41, 5.74) is 7.30. The molecule has 1 heterocycles. The molecule has 1 aromatic rings. The van der Waals surface area contributed by atoms with Crippen molar-refractivity contribution in [2.24, 2.45) is 5.92 Å². The minimum absolute atomic E-state index is 0. The number of amides is 2. The maximum atomic E-state index is 12.4. The highest BCUT2D eigenvalue weighted by Gasteiger charge is 2.28. The Labute approximate surface area is 144 Å². The van der Waals surface area contributed by atoms with Gasteiger partial charge in [-0.05, 0) is 37.0 Å². The Balaban J connectivity index is 0.00000264. The standard InChI is InChI=1S/C17H25N3O2.ClH/c1-2-9-19-17(22)14-4-3-10-20(12-14)16(21)11-13-5-7-15(18)8-6-13;/h5-8,14H,2-4,9-12,18H2,1H3,(H,19,22);1H. The number of nitrogens with zero attached hydrogens (tertiary/aromatic N) is 1. The van der Waals surface area contributed by atoms with Gasteiger partial charge in [-0.25, -0.2) is 0 Å². The van der Waals surface area contributed by atoms with Gasteiger partial charge in [0, 0.05) is 25.3 Å². The second-order valence-corrected chi connectivity index (χ2v) is 5.89. The molecule has 2 rings (SSSR count). The molecule has 1 unspecified atom stereocenters. The number of nitrogens with one attached hydrogen (secondary N) is 1. The predicted molar refractivity (Wildman–Crippen MR) is 94.4 cm³/mol. The zero-order chi connectivity index (χ0) is 15.9. The smallest absolute Gasteiger partial charge is 0.227 e. The highest BCUT2D eigenvalue weighted by Crippen LogP contribution is 2.18. The molecular weight excluding hydrogens is 314 g/mol. The summed E-state index contributed by atoms with van der Waals surface area (Å²) in [4.78, 5) is 26.3. The number of hydrogen-bond donors (Lipinski definition) is 2. The van der Waals surface area contributed by atoms with Crippen LogP contribution >= 0.6 is 12.4 Å². The molecule has 1 aliphatic rings. The zero-order valence-electron chi connectivity index (χ0n) is 13.6. The lowest BCUT2D eigenvalue weighted by atomic mass is 9.96. The van der Waals surface area contributed by atoms with Gasteiger partial charge in [0.05, 0.1) is 12.3 Å². The molecule has 0 aromatic heterocycles. The fraction of sp³-hybridized carbons (Fsp3) is 0.529. The summed E-state index contributed by atoms with van der Waals surface area (Å²) in [6, 6.07) is 7.37. The molecule has 6 heteroatoms. The van der Waals surface area contributed by atoms with Crippen molar-refractivity contribution in [1.29, 1.82) is 0 Å². The largest absolute Gasteiger partial charge is 0.399 e. The van der Waals surface area contributed by atoms with Gasteiger partial charge in [0.25, 0.3) is 0 Å². The number of hydrogen-bond acceptors (Lipinski definition) is 3. The number of benzene rings is 1. The number of carbonyl (C=O) groups is 2. The molecule has 2 amide bonds. The second-order valence-electron chi connectivity index (χ2n) is 5.89. The molecule has 0 aliphatic carbocycles. The summed E-state index contributed by atoms with van der Waals surface area (Å²) in [5.74, 6) is 0.0836. The maximum absolute atomic E-state index is 12.4. The van der Waals surface area contributed by atoms with Gasteiger partial charge in [0.15, 0.2) is 0 Å². The third-order valence-corrected chi connectivity index (χ3v) is 4.03. The van der Waals surface area contributed by atoms with Gasteiger partial charge in [-0.2, -0.15) is 0 Å². The van der Waals surface area contributed by atoms with Crippen LogP contribution in [0.2, 0.25) is 0 Å². The van der Waals surface area contributed by atoms with Crippen LogP contribution in [-0.2, 0) is 16.0 Å². The van der Waals surface area contributed by atoms with Gasteiger partial charge < -0.3 is 16.0 Å². The molecule has 1 aromatic carbocycles. The number of rotatable bonds is 5. The molecule has 0 spiro atoms. The Morgan fingerprint density at radius 3 is 2.65 bits per heavy atom. The van der Waals surface area contributed by atoms with Crippen molar-refractivity contribution < 1.29 is 9.59 Å². The summed E-state index contributed by atoms with van der Waals surface area (Å²) < 4.78 is 0. The van der Waals surface area contributed by atoms with Crippen LogP contribution in [0.4, 0.5) is 5.69 Å². The lowest BCUT2D eigenvalue weighted by molar-refractivity contribution is -0.135. The highest BCUT2D eigenvalue weighted by molar-refractivity contribution is 5.85. The van der Waals surface area contributed by atoms with E-state index < -0.39 is 0 Å². The van der Waals surface area contributed by atoms with Crippen LogP contribution in [0.3, 0.4) is 0 Å². The second kappa shape index (κ2) is 9.40. The van der Waals surface area contributed by atoms with E-state index in [-0.39, 0.29) is 30.1 Å². The van der Waals surface area contributed by atoms with Gasteiger partial charge in [-0.15, -0.1) is 12.4 Å². The van der Waals surface area contributed by atoms with Crippen LogP contribution in [0, 0.1) is 5.92 Å². The molecule has 23 heavy (non-hydrogen) atoms. The minimum Gasteiger partial charge on any atom is -0.399 e. The summed E-state index contributed by atoms with van der Waals surface area (Å²) in [7, 11) is 0. The maximum Gasteiger partial charge on any atom is 0.227 e. The van der Waals surface area contributed by atoms with Crippen molar-refractivity contribution in [1.82, 2.24) is 10.2 Å². The van der Waals surface area contributed by atoms with E-state index in [0.717, 1.165) is 31.4 Å². The van der Waals surface area contributed by atoms with E-state index in [4.69, 9.17) is 5.73 Å². The number of anilines is 1. The Kier molecular flexibility index (Phi) is 7.89. The summed E-state index contributed by atoms with van der Waals surface area (Å²) >= 11 is 0. The van der Waals surface area contributed by atoms with Crippen molar-refractivity contribution in [3.05, 3.63) is 29.8 Å². The lowest BCUT2D eigenvalue weighted by Crippen LogP contribution is -2.46. The van der Waals surface area contributed by atoms with Crippen LogP contribution in [0.15, 0.2) is 24.3 Å². The fourth-order valence-electron chi connectivity index (χ4n) is 2.73. The molecular formula is C17H26ClN3O2. The van der Waals surface area contributed by atoms with E-state index >= 15 is 0 Å². The van der Waals surface area contributed by atoms with Crippen LogP contribution in [-0.4, -0.2) is 36.3 Å². The summed E-state index contributed by atoms with van der Waals surface area (Å²) in [6.45, 7) is 4.01. The molecule has 3 N–H and O–H groups in total. The van der Waals surface area contributed by atoms with Crippen molar-refractivity contribution in [2.45, 2.75) is 32.6 Å². The number of piperidine rings is 1. The third kappa shape index (κ3) is 5.75. The molecule has 0 radical (unpaired) electrons. The van der Waals surface area contributed by atoms with Gasteiger partial charge in [-0.3, -0.25) is 9.59 Å². The fourth-order valence-corrected chi connectivity index (χ4v) is 2.73. The van der Waals surface area contributed by atoms with Crippen LogP contribution < -0.4 is 11.1 Å². The van der Waals surface area contributed by atoms with Crippen molar-refractivity contribution in [3.8, 4) is 0 Å². The number of nitrogen functional groups attached to an aromatic ring is 1. The minimum atomic E-state index is -0.0735. The molecule has 128 valence electrons. The highest BCUT2D eigenvalue weighted by atomic mass is 35.5. The van der Waals surface area contributed by atoms with E-state index in [9.17, 15) is 9.59 Å². The third-order valence-electron chi connectivity index (χ3n) is 4.03. The Bertz CT molecular complexity index is 519. The van der Waals surface area contributed by atoms with E-state index in [1.807, 2.05) is 24.0 Å². The average molecular weight is 340 g/mol. The van der Waals surface area contributed by atoms with Crippen LogP contribution in [0.1, 0.15) is 31.7 Å². The molecule has 1 fully saturated rings. The quantitative estimate of drug-likeness (QED) is 0.806. The first-order chi connectivity index (χ1) is 10.6. The van der Waals surface area contributed by atoms with Crippen LogP contribution in [0.5, 0.6) is 0 Å². The number of halogens is 1. The summed E-state index contributed by atoms with van der Waals surface area (Å²) in [5, 5.41) is 2.93. The van der Waals surface area contributed by atoms with Crippen molar-refractivity contribution in [2.75, 3.05) is 25.4 Å². The van der Waals surface area contributed by atoms with E-state index in [1.165, 1.54) is 0 Å². The lowest BCUT2D eigenvalue weighted by Gasteiger charge is -2.32. The first-order valence-corrected chi connectivity index (χ1v) is 8.00. The van der Waals surface area contributed by atoms with E-state index in [0.29, 0.717) is 25.2 Å². The summed E-state index contributed by atoms with van der Waals surface area (Å²) in [6.07, 6.45) is 3.04. The van der Waals surface area contributed by atoms with E-state index in [2.05, 4.69) is 5.32 Å². The van der Waals surface area contributed by atoms with Gasteiger partial charge in [0.1, 0.15) is 0 Å². The van der Waals surface area contributed by atoms with Gasteiger partial charge in [-0.1, -0.05) is 19.1 Å². The molecule has 1 aliphatic heterocycles. The number of nitrogens with two attached hydrogens (primary N) is 1. The first kappa shape index (κ1) is 19.3. The normalized spacial score (nSPS) is 17.3. The van der Waals surface area contributed by atoms with Gasteiger partial charge >= 0.3 is 0 Å². The molecule has 0 bridgehead atoms. The first-order valence-electron chi connectivity index (χ1n) is 8.00. The van der Waals surface area contributed by atoms with Crippen molar-refractivity contribution >= 4 is 29.9 Å². The molecule has 1 saturated heterocycles. The van der Waals surface area contributed by atoms with Crippen LogP contribution in [0.25, 0.3) is 0 Å². The Morgan fingerprint density at radius 2 is 2.00 bits per heavy atom. The predicted octanol–water partition coefficient (Wildman–Crippen LogP) is 2.00. The zero-order valence-corrected chi connectivity index (χ0v) is 14.4. The Hall–Kier alpha value is -1.75. The number of likely N-dealkylation sites (tertiary alicyclic amines) is 1. The Morgan fingerprint density at radius 1 is 1.30 bits per heavy atom. The number of carbonyl (C=O) groups excluding carboxylic acids is 2. The van der Waals surface area contributed by atoms with Crippen molar-refractivity contribution in [3.63, 3.8) is 0 Å². The topological polar surface area (TPSA) is 75.4 Å². The SMILES string of the molecule is CCCNC(=O)C1CCCN(C(=O)Cc2ccc(N)cc2)C1.Cl. The monoisotopic (exact) mass is 339 g/mol. The van der Waals surface area contributed by atoms with E-state index in [1.54, 1.807) is 12.1 Å². The van der Waals surface area contributed by atoms with Gasteiger partial charge in [0.2, 0.25) is 11.8 Å². The molecule has 0 saturated carbocycles.